The normalized spacial score (nSPS) is 14.5. The maximum absolute atomic E-state index is 12.5. The zero-order valence-electron chi connectivity index (χ0n) is 15.3. The van der Waals surface area contributed by atoms with Crippen LogP contribution in [0.15, 0.2) is 42.5 Å². The van der Waals surface area contributed by atoms with Crippen LogP contribution >= 0.6 is 0 Å². The summed E-state index contributed by atoms with van der Waals surface area (Å²) in [5.74, 6) is 0.0813. The molecule has 1 saturated heterocycles. The Hall–Kier alpha value is -3.49. The second-order valence-electron chi connectivity index (χ2n) is 6.89. The van der Waals surface area contributed by atoms with Crippen molar-refractivity contribution in [1.82, 2.24) is 0 Å². The van der Waals surface area contributed by atoms with E-state index in [2.05, 4.69) is 12.2 Å². The summed E-state index contributed by atoms with van der Waals surface area (Å²) in [6, 6.07) is 9.81. The Morgan fingerprint density at radius 2 is 1.68 bits per heavy atom. The topological polar surface area (TPSA) is 119 Å². The number of nitrogens with one attached hydrogen (secondary N) is 1. The first-order valence-corrected chi connectivity index (χ1v) is 8.94. The van der Waals surface area contributed by atoms with E-state index < -0.39 is 15.8 Å². The van der Waals surface area contributed by atoms with Crippen LogP contribution in [0.1, 0.15) is 30.1 Å². The minimum atomic E-state index is -0.533. The first kappa shape index (κ1) is 19.3. The highest BCUT2D eigenvalue weighted by Gasteiger charge is 2.24. The van der Waals surface area contributed by atoms with Gasteiger partial charge in [0.1, 0.15) is 5.69 Å². The molecule has 1 N–H and O–H groups in total. The first-order chi connectivity index (χ1) is 13.3. The van der Waals surface area contributed by atoms with E-state index in [1.54, 1.807) is 12.1 Å². The SMILES string of the molecule is CC1CCN(c2ccc(C(=O)Nc3ccc([N+](=O)[O-])cc3)cc2[N+](=O)[O-])CC1. The zero-order valence-corrected chi connectivity index (χ0v) is 15.3. The van der Waals surface area contributed by atoms with E-state index >= 15 is 0 Å². The summed E-state index contributed by atoms with van der Waals surface area (Å²) < 4.78 is 0. The number of hydrogen-bond donors (Lipinski definition) is 1. The highest BCUT2D eigenvalue weighted by atomic mass is 16.6. The predicted molar refractivity (Wildman–Crippen MR) is 105 cm³/mol. The van der Waals surface area contributed by atoms with Gasteiger partial charge in [0.15, 0.2) is 0 Å². The van der Waals surface area contributed by atoms with Crippen LogP contribution in [-0.2, 0) is 0 Å². The van der Waals surface area contributed by atoms with Crippen molar-refractivity contribution >= 4 is 28.7 Å². The number of non-ortho nitro benzene ring substituents is 1. The quantitative estimate of drug-likeness (QED) is 0.615. The van der Waals surface area contributed by atoms with Crippen LogP contribution in [0.3, 0.4) is 0 Å². The van der Waals surface area contributed by atoms with E-state index in [1.807, 2.05) is 4.90 Å². The van der Waals surface area contributed by atoms with Gasteiger partial charge in [-0.15, -0.1) is 0 Å². The third kappa shape index (κ3) is 4.25. The molecule has 9 nitrogen and oxygen atoms in total. The Bertz CT molecular complexity index is 905. The van der Waals surface area contributed by atoms with E-state index in [0.29, 0.717) is 17.3 Å². The van der Waals surface area contributed by atoms with Gasteiger partial charge < -0.3 is 10.2 Å². The van der Waals surface area contributed by atoms with Gasteiger partial charge in [0.25, 0.3) is 17.3 Å². The molecule has 0 unspecified atom stereocenters. The van der Waals surface area contributed by atoms with Crippen molar-refractivity contribution in [2.45, 2.75) is 19.8 Å². The minimum absolute atomic E-state index is 0.0890. The van der Waals surface area contributed by atoms with Crippen LogP contribution in [0, 0.1) is 26.1 Å². The van der Waals surface area contributed by atoms with Crippen molar-refractivity contribution in [2.24, 2.45) is 5.92 Å². The molecule has 0 radical (unpaired) electrons. The van der Waals surface area contributed by atoms with Crippen molar-refractivity contribution in [3.63, 3.8) is 0 Å². The van der Waals surface area contributed by atoms with Crippen molar-refractivity contribution < 1.29 is 14.6 Å². The van der Waals surface area contributed by atoms with Gasteiger partial charge in [0.05, 0.1) is 9.85 Å². The Balaban J connectivity index is 1.80. The zero-order chi connectivity index (χ0) is 20.3. The van der Waals surface area contributed by atoms with Gasteiger partial charge in [-0.1, -0.05) is 6.92 Å². The van der Waals surface area contributed by atoms with Gasteiger partial charge in [0.2, 0.25) is 0 Å². The summed E-state index contributed by atoms with van der Waals surface area (Å²) in [5, 5.41) is 24.8. The number of nitro benzene ring substituents is 2. The second-order valence-corrected chi connectivity index (χ2v) is 6.89. The number of carbonyl (C=O) groups is 1. The lowest BCUT2D eigenvalue weighted by Gasteiger charge is -2.31. The number of piperidine rings is 1. The Labute approximate surface area is 161 Å². The fraction of sp³-hybridized carbons (Fsp3) is 0.316. The summed E-state index contributed by atoms with van der Waals surface area (Å²) in [6.45, 7) is 3.66. The monoisotopic (exact) mass is 384 g/mol. The molecule has 1 amide bonds. The lowest BCUT2D eigenvalue weighted by Crippen LogP contribution is -2.33. The average Bonchev–Trinajstić information content (AvgIpc) is 2.68. The molecule has 0 saturated carbocycles. The molecule has 2 aromatic carbocycles. The summed E-state index contributed by atoms with van der Waals surface area (Å²) in [5.41, 5.74) is 0.843. The summed E-state index contributed by atoms with van der Waals surface area (Å²) >= 11 is 0. The summed E-state index contributed by atoms with van der Waals surface area (Å²) in [6.07, 6.45) is 1.94. The van der Waals surface area contributed by atoms with Crippen LogP contribution in [0.25, 0.3) is 0 Å². The number of anilines is 2. The molecule has 146 valence electrons. The number of nitrogens with zero attached hydrogens (tertiary/aromatic N) is 3. The number of hydrogen-bond acceptors (Lipinski definition) is 6. The average molecular weight is 384 g/mol. The molecule has 0 atom stereocenters. The molecule has 2 aromatic rings. The lowest BCUT2D eigenvalue weighted by atomic mass is 9.98. The van der Waals surface area contributed by atoms with Gasteiger partial charge in [-0.05, 0) is 43.0 Å². The maximum atomic E-state index is 12.5. The molecular formula is C19H20N4O5. The van der Waals surface area contributed by atoms with Gasteiger partial charge in [-0.3, -0.25) is 25.0 Å². The van der Waals surface area contributed by atoms with E-state index in [9.17, 15) is 25.0 Å². The fourth-order valence-corrected chi connectivity index (χ4v) is 3.20. The number of amides is 1. The second kappa shape index (κ2) is 8.03. The molecule has 0 aliphatic carbocycles. The van der Waals surface area contributed by atoms with Crippen molar-refractivity contribution in [3.8, 4) is 0 Å². The van der Waals surface area contributed by atoms with Gasteiger partial charge in [-0.2, -0.15) is 0 Å². The van der Waals surface area contributed by atoms with E-state index in [4.69, 9.17) is 0 Å². The van der Waals surface area contributed by atoms with E-state index in [0.717, 1.165) is 25.9 Å². The Kier molecular flexibility index (Phi) is 5.53. The fourth-order valence-electron chi connectivity index (χ4n) is 3.20. The van der Waals surface area contributed by atoms with Crippen molar-refractivity contribution in [3.05, 3.63) is 68.3 Å². The third-order valence-corrected chi connectivity index (χ3v) is 4.89. The molecule has 1 heterocycles. The minimum Gasteiger partial charge on any atom is -0.366 e. The van der Waals surface area contributed by atoms with Crippen LogP contribution in [-0.4, -0.2) is 28.8 Å². The van der Waals surface area contributed by atoms with Gasteiger partial charge >= 0.3 is 0 Å². The van der Waals surface area contributed by atoms with Crippen LogP contribution in [0.5, 0.6) is 0 Å². The van der Waals surface area contributed by atoms with Crippen molar-refractivity contribution in [1.29, 1.82) is 0 Å². The van der Waals surface area contributed by atoms with Crippen LogP contribution < -0.4 is 10.2 Å². The first-order valence-electron chi connectivity index (χ1n) is 8.94. The highest BCUT2D eigenvalue weighted by molar-refractivity contribution is 6.05. The molecule has 1 aliphatic rings. The maximum Gasteiger partial charge on any atom is 0.293 e. The van der Waals surface area contributed by atoms with Crippen LogP contribution in [0.4, 0.5) is 22.7 Å². The molecule has 0 aromatic heterocycles. The molecule has 9 heteroatoms. The molecule has 1 fully saturated rings. The molecule has 0 bridgehead atoms. The smallest absolute Gasteiger partial charge is 0.293 e. The Morgan fingerprint density at radius 1 is 1.04 bits per heavy atom. The largest absolute Gasteiger partial charge is 0.366 e. The Morgan fingerprint density at radius 3 is 2.25 bits per heavy atom. The molecular weight excluding hydrogens is 364 g/mol. The van der Waals surface area contributed by atoms with Gasteiger partial charge in [0, 0.05) is 42.5 Å². The third-order valence-electron chi connectivity index (χ3n) is 4.89. The molecule has 0 spiro atoms. The summed E-state index contributed by atoms with van der Waals surface area (Å²) in [4.78, 5) is 35.7. The van der Waals surface area contributed by atoms with E-state index in [-0.39, 0.29) is 16.9 Å². The highest BCUT2D eigenvalue weighted by Crippen LogP contribution is 2.32. The molecule has 1 aliphatic heterocycles. The molecule has 3 rings (SSSR count). The number of benzene rings is 2. The molecule has 28 heavy (non-hydrogen) atoms. The number of carbonyl (C=O) groups excluding carboxylic acids is 1. The standard InChI is InChI=1S/C19H20N4O5/c1-13-8-10-21(11-9-13)17-7-2-14(12-18(17)23(27)28)19(24)20-15-3-5-16(6-4-15)22(25)26/h2-7,12-13H,8-11H2,1H3,(H,20,24). The number of rotatable bonds is 5. The van der Waals surface area contributed by atoms with Crippen molar-refractivity contribution in [2.75, 3.05) is 23.3 Å². The van der Waals surface area contributed by atoms with Crippen LogP contribution in [0.2, 0.25) is 0 Å². The van der Waals surface area contributed by atoms with Gasteiger partial charge in [-0.25, -0.2) is 0 Å². The number of nitro groups is 2. The predicted octanol–water partition coefficient (Wildman–Crippen LogP) is 3.99. The lowest BCUT2D eigenvalue weighted by molar-refractivity contribution is -0.384. The van der Waals surface area contributed by atoms with E-state index in [1.165, 1.54) is 30.3 Å². The summed E-state index contributed by atoms with van der Waals surface area (Å²) in [7, 11) is 0.